The van der Waals surface area contributed by atoms with Crippen molar-refractivity contribution >= 4 is 23.7 Å². The number of carbonyl (C=O) groups excluding carboxylic acids is 1. The number of ether oxygens (including phenoxy) is 2. The summed E-state index contributed by atoms with van der Waals surface area (Å²) in [6, 6.07) is 8.97. The SMILES string of the molecule is O=C(N/N=C\c1ccc(Cl)cc1)c1cc(OCC(F)(F)F)ccc1OCC(F)(F)F. The highest BCUT2D eigenvalue weighted by Gasteiger charge is 2.30. The molecule has 2 aromatic rings. The average Bonchev–Trinajstić information content (AvgIpc) is 2.65. The molecule has 0 atom stereocenters. The van der Waals surface area contributed by atoms with Gasteiger partial charge >= 0.3 is 12.4 Å². The van der Waals surface area contributed by atoms with Gasteiger partial charge in [-0.1, -0.05) is 23.7 Å². The fraction of sp³-hybridized carbons (Fsp3) is 0.222. The van der Waals surface area contributed by atoms with Crippen molar-refractivity contribution in [1.82, 2.24) is 5.43 Å². The van der Waals surface area contributed by atoms with Gasteiger partial charge in [0.15, 0.2) is 13.2 Å². The molecular weight excluding hydrogens is 442 g/mol. The van der Waals surface area contributed by atoms with Crippen LogP contribution in [0.25, 0.3) is 0 Å². The van der Waals surface area contributed by atoms with Gasteiger partial charge in [0.25, 0.3) is 5.91 Å². The number of hydrazone groups is 1. The van der Waals surface area contributed by atoms with Crippen LogP contribution in [0, 0.1) is 0 Å². The number of nitrogens with zero attached hydrogens (tertiary/aromatic N) is 1. The van der Waals surface area contributed by atoms with Gasteiger partial charge in [-0.3, -0.25) is 4.79 Å². The molecule has 0 saturated carbocycles. The number of alkyl halides is 6. The molecule has 0 aliphatic carbocycles. The lowest BCUT2D eigenvalue weighted by molar-refractivity contribution is -0.154. The summed E-state index contributed by atoms with van der Waals surface area (Å²) in [6.45, 7) is -3.35. The summed E-state index contributed by atoms with van der Waals surface area (Å²) >= 11 is 5.73. The van der Waals surface area contributed by atoms with E-state index in [4.69, 9.17) is 11.6 Å². The molecule has 162 valence electrons. The zero-order valence-electron chi connectivity index (χ0n) is 14.9. The molecule has 0 aliphatic rings. The van der Waals surface area contributed by atoms with Crippen molar-refractivity contribution in [2.24, 2.45) is 5.10 Å². The summed E-state index contributed by atoms with van der Waals surface area (Å²) in [6.07, 6.45) is -8.10. The zero-order chi connectivity index (χ0) is 22.4. The minimum Gasteiger partial charge on any atom is -0.484 e. The highest BCUT2D eigenvalue weighted by atomic mass is 35.5. The van der Waals surface area contributed by atoms with Crippen molar-refractivity contribution in [2.45, 2.75) is 12.4 Å². The maximum Gasteiger partial charge on any atom is 0.422 e. The van der Waals surface area contributed by atoms with Gasteiger partial charge in [0.2, 0.25) is 0 Å². The predicted molar refractivity (Wildman–Crippen MR) is 96.1 cm³/mol. The van der Waals surface area contributed by atoms with Crippen LogP contribution in [0.3, 0.4) is 0 Å². The van der Waals surface area contributed by atoms with E-state index in [0.717, 1.165) is 18.2 Å². The van der Waals surface area contributed by atoms with Gasteiger partial charge in [0.05, 0.1) is 11.8 Å². The molecule has 0 aromatic heterocycles. The maximum atomic E-state index is 12.4. The number of rotatable bonds is 7. The topological polar surface area (TPSA) is 59.9 Å². The molecular formula is C18H13ClF6N2O3. The lowest BCUT2D eigenvalue weighted by Crippen LogP contribution is -2.23. The van der Waals surface area contributed by atoms with E-state index < -0.39 is 48.5 Å². The molecule has 2 aromatic carbocycles. The van der Waals surface area contributed by atoms with Gasteiger partial charge in [0, 0.05) is 5.02 Å². The fourth-order valence-electron chi connectivity index (χ4n) is 2.00. The second-order valence-electron chi connectivity index (χ2n) is 5.72. The van der Waals surface area contributed by atoms with Crippen LogP contribution in [0.5, 0.6) is 11.5 Å². The summed E-state index contributed by atoms with van der Waals surface area (Å²) in [5.41, 5.74) is 2.12. The largest absolute Gasteiger partial charge is 0.484 e. The normalized spacial score (nSPS) is 12.1. The first-order valence-corrected chi connectivity index (χ1v) is 8.43. The number of halogens is 7. The van der Waals surface area contributed by atoms with Gasteiger partial charge < -0.3 is 9.47 Å². The first kappa shape index (κ1) is 23.3. The Morgan fingerprint density at radius 3 is 2.17 bits per heavy atom. The van der Waals surface area contributed by atoms with E-state index in [1.807, 2.05) is 0 Å². The number of carbonyl (C=O) groups is 1. The Bertz CT molecular complexity index is 898. The second kappa shape index (κ2) is 9.70. The Morgan fingerprint density at radius 1 is 0.967 bits per heavy atom. The number of amides is 1. The van der Waals surface area contributed by atoms with E-state index >= 15 is 0 Å². The van der Waals surface area contributed by atoms with E-state index in [2.05, 4.69) is 20.0 Å². The van der Waals surface area contributed by atoms with Crippen molar-refractivity contribution in [2.75, 3.05) is 13.2 Å². The second-order valence-corrected chi connectivity index (χ2v) is 6.15. The Kier molecular flexibility index (Phi) is 7.54. The molecule has 1 amide bonds. The first-order valence-electron chi connectivity index (χ1n) is 8.05. The first-order chi connectivity index (χ1) is 13.9. The Balaban J connectivity index is 2.18. The van der Waals surface area contributed by atoms with Crippen LogP contribution in [0.2, 0.25) is 5.02 Å². The van der Waals surface area contributed by atoms with Gasteiger partial charge in [-0.25, -0.2) is 5.43 Å². The molecule has 0 radical (unpaired) electrons. The molecule has 0 spiro atoms. The van der Waals surface area contributed by atoms with Crippen LogP contribution < -0.4 is 14.9 Å². The molecule has 0 bridgehead atoms. The molecule has 5 nitrogen and oxygen atoms in total. The highest BCUT2D eigenvalue weighted by molar-refractivity contribution is 6.30. The summed E-state index contributed by atoms with van der Waals surface area (Å²) in [5.74, 6) is -1.92. The van der Waals surface area contributed by atoms with Crippen molar-refractivity contribution in [3.05, 3.63) is 58.6 Å². The van der Waals surface area contributed by atoms with Crippen LogP contribution in [0.15, 0.2) is 47.6 Å². The minimum atomic E-state index is -4.69. The number of nitrogens with one attached hydrogen (secondary N) is 1. The number of benzene rings is 2. The average molecular weight is 455 g/mol. The van der Waals surface area contributed by atoms with Gasteiger partial charge in [-0.15, -0.1) is 0 Å². The van der Waals surface area contributed by atoms with Crippen LogP contribution in [-0.4, -0.2) is 37.7 Å². The van der Waals surface area contributed by atoms with E-state index in [-0.39, 0.29) is 0 Å². The predicted octanol–water partition coefficient (Wildman–Crippen LogP) is 4.99. The molecule has 2 rings (SSSR count). The Hall–Kier alpha value is -2.95. The summed E-state index contributed by atoms with van der Waals surface area (Å²) in [4.78, 5) is 12.3. The smallest absolute Gasteiger partial charge is 0.422 e. The van der Waals surface area contributed by atoms with Crippen molar-refractivity contribution in [3.63, 3.8) is 0 Å². The quantitative estimate of drug-likeness (QED) is 0.364. The van der Waals surface area contributed by atoms with Crippen molar-refractivity contribution in [1.29, 1.82) is 0 Å². The lowest BCUT2D eigenvalue weighted by Gasteiger charge is -2.14. The number of hydrogen-bond donors (Lipinski definition) is 1. The third kappa shape index (κ3) is 8.19. The van der Waals surface area contributed by atoms with Crippen LogP contribution in [0.1, 0.15) is 15.9 Å². The van der Waals surface area contributed by atoms with Gasteiger partial charge in [-0.2, -0.15) is 31.4 Å². The molecule has 0 fully saturated rings. The minimum absolute atomic E-state index is 0.390. The van der Waals surface area contributed by atoms with Crippen LogP contribution in [0.4, 0.5) is 26.3 Å². The van der Waals surface area contributed by atoms with Crippen LogP contribution in [-0.2, 0) is 0 Å². The summed E-state index contributed by atoms with van der Waals surface area (Å²) < 4.78 is 83.2. The molecule has 0 unspecified atom stereocenters. The van der Waals surface area contributed by atoms with Gasteiger partial charge in [0.1, 0.15) is 11.5 Å². The summed E-state index contributed by atoms with van der Waals surface area (Å²) in [7, 11) is 0. The Labute approximate surface area is 171 Å². The summed E-state index contributed by atoms with van der Waals surface area (Å²) in [5, 5.41) is 4.12. The lowest BCUT2D eigenvalue weighted by atomic mass is 10.2. The Morgan fingerprint density at radius 2 is 1.57 bits per heavy atom. The third-order valence-electron chi connectivity index (χ3n) is 3.24. The van der Waals surface area contributed by atoms with E-state index in [9.17, 15) is 31.1 Å². The number of hydrogen-bond acceptors (Lipinski definition) is 4. The molecule has 12 heteroatoms. The molecule has 0 aliphatic heterocycles. The zero-order valence-corrected chi connectivity index (χ0v) is 15.6. The van der Waals surface area contributed by atoms with E-state index in [0.29, 0.717) is 10.6 Å². The van der Waals surface area contributed by atoms with Crippen molar-refractivity contribution in [3.8, 4) is 11.5 Å². The standard InChI is InChI=1S/C18H13ClF6N2O3/c19-12-3-1-11(2-4-12)8-26-27-16(28)14-7-13(29-9-17(20,21)22)5-6-15(14)30-10-18(23,24)25/h1-8H,9-10H2,(H,27,28)/b26-8-. The molecule has 1 N–H and O–H groups in total. The third-order valence-corrected chi connectivity index (χ3v) is 3.49. The monoisotopic (exact) mass is 454 g/mol. The molecule has 30 heavy (non-hydrogen) atoms. The van der Waals surface area contributed by atoms with Crippen molar-refractivity contribution < 1.29 is 40.6 Å². The molecule has 0 heterocycles. The van der Waals surface area contributed by atoms with E-state index in [1.165, 1.54) is 6.21 Å². The maximum absolute atomic E-state index is 12.4. The highest BCUT2D eigenvalue weighted by Crippen LogP contribution is 2.27. The van der Waals surface area contributed by atoms with Gasteiger partial charge in [-0.05, 0) is 35.9 Å². The molecule has 0 saturated heterocycles. The van der Waals surface area contributed by atoms with Crippen LogP contribution >= 0.6 is 11.6 Å². The fourth-order valence-corrected chi connectivity index (χ4v) is 2.13. The van der Waals surface area contributed by atoms with E-state index in [1.54, 1.807) is 24.3 Å².